The van der Waals surface area contributed by atoms with Crippen LogP contribution in [-0.2, 0) is 9.59 Å². The predicted molar refractivity (Wildman–Crippen MR) is 108 cm³/mol. The van der Waals surface area contributed by atoms with E-state index in [9.17, 15) is 14.4 Å². The standard InChI is InChI=1S/C20H28N4O5/c1-13(2)24-16-7-6-14(29-10-4-3-5-17(21)22)11-15(16)20(28)23(12-18(24)25)9-8-19(26)27/h6-7,11,13H,3-5,8-10,12H2,1-2H3,(H3,21,22)(H,26,27). The van der Waals surface area contributed by atoms with Crippen molar-refractivity contribution in [1.82, 2.24) is 4.90 Å². The molecule has 1 aliphatic rings. The number of hydrogen-bond donors (Lipinski definition) is 3. The average molecular weight is 404 g/mol. The zero-order valence-electron chi connectivity index (χ0n) is 16.8. The summed E-state index contributed by atoms with van der Waals surface area (Å²) in [5.41, 5.74) is 6.14. The van der Waals surface area contributed by atoms with Crippen LogP contribution >= 0.6 is 0 Å². The number of hydrogen-bond acceptors (Lipinski definition) is 5. The van der Waals surface area contributed by atoms with Crippen LogP contribution in [0, 0.1) is 5.41 Å². The summed E-state index contributed by atoms with van der Waals surface area (Å²) in [4.78, 5) is 39.5. The van der Waals surface area contributed by atoms with Gasteiger partial charge in [-0.2, -0.15) is 0 Å². The van der Waals surface area contributed by atoms with Gasteiger partial charge in [0.15, 0.2) is 0 Å². The molecule has 9 heteroatoms. The van der Waals surface area contributed by atoms with Crippen molar-refractivity contribution in [3.63, 3.8) is 0 Å². The average Bonchev–Trinajstić information content (AvgIpc) is 2.74. The lowest BCUT2D eigenvalue weighted by Crippen LogP contribution is -2.42. The highest BCUT2D eigenvalue weighted by Crippen LogP contribution is 2.31. The summed E-state index contributed by atoms with van der Waals surface area (Å²) < 4.78 is 5.72. The molecule has 29 heavy (non-hydrogen) atoms. The van der Waals surface area contributed by atoms with Crippen LogP contribution in [0.15, 0.2) is 18.2 Å². The van der Waals surface area contributed by atoms with Gasteiger partial charge in [0, 0.05) is 19.0 Å². The summed E-state index contributed by atoms with van der Waals surface area (Å²) in [6.07, 6.45) is 1.72. The molecular weight excluding hydrogens is 376 g/mol. The first-order valence-electron chi connectivity index (χ1n) is 9.63. The molecule has 1 heterocycles. The highest BCUT2D eigenvalue weighted by atomic mass is 16.5. The van der Waals surface area contributed by atoms with Gasteiger partial charge in [-0.15, -0.1) is 0 Å². The number of ether oxygens (including phenoxy) is 1. The third-order valence-corrected chi connectivity index (χ3v) is 4.56. The number of carboxylic acids is 1. The molecule has 9 nitrogen and oxygen atoms in total. The summed E-state index contributed by atoms with van der Waals surface area (Å²) in [6.45, 7) is 3.93. The smallest absolute Gasteiger partial charge is 0.305 e. The summed E-state index contributed by atoms with van der Waals surface area (Å²) in [7, 11) is 0. The van der Waals surface area contributed by atoms with Crippen LogP contribution in [0.25, 0.3) is 0 Å². The van der Waals surface area contributed by atoms with Gasteiger partial charge in [-0.05, 0) is 44.9 Å². The molecule has 1 aromatic rings. The molecule has 0 spiro atoms. The fourth-order valence-corrected chi connectivity index (χ4v) is 3.19. The number of nitrogens with two attached hydrogens (primary N) is 1. The molecule has 0 bridgehead atoms. The lowest BCUT2D eigenvalue weighted by molar-refractivity contribution is -0.137. The number of aliphatic carboxylic acids is 1. The van der Waals surface area contributed by atoms with Gasteiger partial charge in [-0.1, -0.05) is 0 Å². The molecule has 0 radical (unpaired) electrons. The van der Waals surface area contributed by atoms with Crippen molar-refractivity contribution in [2.45, 2.75) is 45.6 Å². The van der Waals surface area contributed by atoms with Crippen molar-refractivity contribution in [3.8, 4) is 5.75 Å². The van der Waals surface area contributed by atoms with Crippen LogP contribution in [0.3, 0.4) is 0 Å². The molecule has 4 N–H and O–H groups in total. The first-order chi connectivity index (χ1) is 13.7. The number of nitrogens with one attached hydrogen (secondary N) is 1. The normalized spacial score (nSPS) is 14.0. The first kappa shape index (κ1) is 22.2. The maximum Gasteiger partial charge on any atom is 0.305 e. The van der Waals surface area contributed by atoms with Gasteiger partial charge in [-0.3, -0.25) is 19.8 Å². The molecule has 0 unspecified atom stereocenters. The van der Waals surface area contributed by atoms with Gasteiger partial charge in [-0.25, -0.2) is 0 Å². The van der Waals surface area contributed by atoms with E-state index in [1.165, 1.54) is 4.90 Å². The molecule has 0 aliphatic carbocycles. The van der Waals surface area contributed by atoms with Crippen LogP contribution < -0.4 is 15.4 Å². The number of unbranched alkanes of at least 4 members (excludes halogenated alkanes) is 1. The van der Waals surface area contributed by atoms with Crippen LogP contribution in [0.1, 0.15) is 49.9 Å². The molecular formula is C20H28N4O5. The lowest BCUT2D eigenvalue weighted by atomic mass is 10.1. The molecule has 1 aromatic carbocycles. The molecule has 0 saturated carbocycles. The third-order valence-electron chi connectivity index (χ3n) is 4.56. The third kappa shape index (κ3) is 5.94. The number of carbonyl (C=O) groups excluding carboxylic acids is 2. The summed E-state index contributed by atoms with van der Waals surface area (Å²) in [5, 5.41) is 16.2. The van der Waals surface area contributed by atoms with Crippen LogP contribution in [0.2, 0.25) is 0 Å². The Kier molecular flexibility index (Phi) is 7.58. The number of amides is 2. The van der Waals surface area contributed by atoms with Crippen molar-refractivity contribution >= 4 is 29.3 Å². The molecule has 2 amide bonds. The fourth-order valence-electron chi connectivity index (χ4n) is 3.19. The summed E-state index contributed by atoms with van der Waals surface area (Å²) in [6, 6.07) is 4.85. The molecule has 2 rings (SSSR count). The van der Waals surface area contributed by atoms with Crippen LogP contribution in [-0.4, -0.2) is 59.4 Å². The zero-order valence-corrected chi connectivity index (χ0v) is 16.8. The molecule has 1 aliphatic heterocycles. The van der Waals surface area contributed by atoms with E-state index >= 15 is 0 Å². The van der Waals surface area contributed by atoms with Gasteiger partial charge in [0.05, 0.1) is 30.1 Å². The lowest BCUT2D eigenvalue weighted by Gasteiger charge is -2.26. The summed E-state index contributed by atoms with van der Waals surface area (Å²) >= 11 is 0. The highest BCUT2D eigenvalue weighted by molar-refractivity contribution is 6.10. The van der Waals surface area contributed by atoms with E-state index < -0.39 is 5.97 Å². The molecule has 0 fully saturated rings. The Bertz CT molecular complexity index is 793. The van der Waals surface area contributed by atoms with Gasteiger partial charge >= 0.3 is 5.97 Å². The Hall–Kier alpha value is -3.10. The van der Waals surface area contributed by atoms with E-state index in [0.717, 1.165) is 6.42 Å². The van der Waals surface area contributed by atoms with Gasteiger partial charge < -0.3 is 25.4 Å². The monoisotopic (exact) mass is 404 g/mol. The minimum Gasteiger partial charge on any atom is -0.494 e. The topological polar surface area (TPSA) is 137 Å². The predicted octanol–water partition coefficient (Wildman–Crippen LogP) is 1.84. The fraction of sp³-hybridized carbons (Fsp3) is 0.500. The number of nitrogens with zero attached hydrogens (tertiary/aromatic N) is 2. The Morgan fingerprint density at radius 3 is 2.62 bits per heavy atom. The largest absolute Gasteiger partial charge is 0.494 e. The molecule has 0 aromatic heterocycles. The first-order valence-corrected chi connectivity index (χ1v) is 9.63. The van der Waals surface area contributed by atoms with E-state index in [1.807, 2.05) is 13.8 Å². The summed E-state index contributed by atoms with van der Waals surface area (Å²) in [5.74, 6) is -1.04. The second kappa shape index (κ2) is 9.90. The van der Waals surface area contributed by atoms with E-state index in [-0.39, 0.29) is 43.2 Å². The van der Waals surface area contributed by atoms with Gasteiger partial charge in [0.1, 0.15) is 12.3 Å². The second-order valence-electron chi connectivity index (χ2n) is 7.24. The Morgan fingerprint density at radius 2 is 2.00 bits per heavy atom. The molecule has 0 saturated heterocycles. The van der Waals surface area contributed by atoms with E-state index in [4.69, 9.17) is 21.0 Å². The minimum absolute atomic E-state index is 0.0403. The van der Waals surface area contributed by atoms with Crippen molar-refractivity contribution in [2.75, 3.05) is 24.6 Å². The zero-order chi connectivity index (χ0) is 21.6. The minimum atomic E-state index is -1.03. The Morgan fingerprint density at radius 1 is 1.28 bits per heavy atom. The number of carboxylic acid groups (broad SMARTS) is 1. The number of anilines is 1. The maximum absolute atomic E-state index is 13.0. The number of benzene rings is 1. The van der Waals surface area contributed by atoms with Crippen LogP contribution in [0.5, 0.6) is 5.75 Å². The van der Waals surface area contributed by atoms with Crippen molar-refractivity contribution in [2.24, 2.45) is 5.73 Å². The quantitative estimate of drug-likeness (QED) is 0.309. The van der Waals surface area contributed by atoms with Gasteiger partial charge in [0.25, 0.3) is 5.91 Å². The van der Waals surface area contributed by atoms with Crippen molar-refractivity contribution in [1.29, 1.82) is 5.41 Å². The Labute approximate surface area is 169 Å². The number of fused-ring (bicyclic) bond motifs is 1. The van der Waals surface area contributed by atoms with Crippen molar-refractivity contribution in [3.05, 3.63) is 23.8 Å². The second-order valence-corrected chi connectivity index (χ2v) is 7.24. The van der Waals surface area contributed by atoms with Crippen molar-refractivity contribution < 1.29 is 24.2 Å². The number of amidine groups is 1. The Balaban J connectivity index is 2.24. The number of carbonyl (C=O) groups is 3. The maximum atomic E-state index is 13.0. The van der Waals surface area contributed by atoms with Gasteiger partial charge in [0.2, 0.25) is 5.91 Å². The molecule has 0 atom stereocenters. The number of rotatable bonds is 10. The highest BCUT2D eigenvalue weighted by Gasteiger charge is 2.33. The van der Waals surface area contributed by atoms with Crippen LogP contribution in [0.4, 0.5) is 5.69 Å². The van der Waals surface area contributed by atoms with E-state index in [2.05, 4.69) is 0 Å². The van der Waals surface area contributed by atoms with E-state index in [1.54, 1.807) is 23.1 Å². The molecule has 158 valence electrons. The van der Waals surface area contributed by atoms with E-state index in [0.29, 0.717) is 36.4 Å². The SMILES string of the molecule is CC(C)N1C(=O)CN(CCC(=O)O)C(=O)c2cc(OCCCCC(=N)N)ccc21.